The van der Waals surface area contributed by atoms with Crippen molar-refractivity contribution in [3.63, 3.8) is 0 Å². The molecule has 3 aromatic carbocycles. The Kier molecular flexibility index (Phi) is 11.1. The van der Waals surface area contributed by atoms with E-state index < -0.39 is 6.23 Å². The standard InChI is InChI=1S/C38H43N5O4/c1-4-43(5-2)31-16-17-34(41-37(46)27-12-9-13-29(22-27)38(47)42(3)20-21-44)33(24-31)35-23-28(18-19-39-35)36(45)40-25-30-14-8-11-26-10-6-7-15-32(26)30/h6-7,9-10,12-13,15-19,22-25,30,36,44-45H,4-5,8,11,14,20-21H2,1-3H3,(H,41,46). The van der Waals surface area contributed by atoms with Crippen LogP contribution in [0.25, 0.3) is 11.3 Å². The maximum absolute atomic E-state index is 13.5. The number of likely N-dealkylation sites (N-methyl/N-ethyl adjacent to an activating group) is 1. The lowest BCUT2D eigenvalue weighted by Crippen LogP contribution is -2.29. The molecule has 0 saturated heterocycles. The van der Waals surface area contributed by atoms with Gasteiger partial charge in [0.25, 0.3) is 11.8 Å². The van der Waals surface area contributed by atoms with E-state index in [1.165, 1.54) is 16.0 Å². The van der Waals surface area contributed by atoms with Gasteiger partial charge in [-0.05, 0) is 92.8 Å². The summed E-state index contributed by atoms with van der Waals surface area (Å²) in [6.07, 6.45) is 5.59. The van der Waals surface area contributed by atoms with Crippen LogP contribution in [0.5, 0.6) is 0 Å². The van der Waals surface area contributed by atoms with Crippen LogP contribution in [0.3, 0.4) is 0 Å². The van der Waals surface area contributed by atoms with E-state index in [2.05, 4.69) is 52.2 Å². The Morgan fingerprint density at radius 1 is 1.02 bits per heavy atom. The molecule has 1 heterocycles. The normalized spacial score (nSPS) is 14.8. The smallest absolute Gasteiger partial charge is 0.255 e. The summed E-state index contributed by atoms with van der Waals surface area (Å²) in [4.78, 5) is 39.1. The van der Waals surface area contributed by atoms with Crippen molar-refractivity contribution in [3.05, 3.63) is 113 Å². The molecule has 47 heavy (non-hydrogen) atoms. The number of carbonyl (C=O) groups is 2. The molecule has 1 aromatic heterocycles. The summed E-state index contributed by atoms with van der Waals surface area (Å²) < 4.78 is 0. The first-order valence-electron chi connectivity index (χ1n) is 16.2. The van der Waals surface area contributed by atoms with Gasteiger partial charge in [-0.2, -0.15) is 0 Å². The third-order valence-electron chi connectivity index (χ3n) is 8.71. The van der Waals surface area contributed by atoms with Crippen LogP contribution in [0.15, 0.2) is 90.1 Å². The lowest BCUT2D eigenvalue weighted by Gasteiger charge is -2.23. The van der Waals surface area contributed by atoms with Gasteiger partial charge in [0.1, 0.15) is 0 Å². The van der Waals surface area contributed by atoms with Crippen LogP contribution in [0.1, 0.15) is 76.2 Å². The fourth-order valence-electron chi connectivity index (χ4n) is 6.07. The number of amides is 2. The van der Waals surface area contributed by atoms with Crippen LogP contribution in [-0.4, -0.2) is 71.4 Å². The maximum Gasteiger partial charge on any atom is 0.255 e. The fourth-order valence-corrected chi connectivity index (χ4v) is 6.07. The lowest BCUT2D eigenvalue weighted by molar-refractivity contribution is 0.0767. The van der Waals surface area contributed by atoms with Crippen molar-refractivity contribution in [2.24, 2.45) is 4.99 Å². The van der Waals surface area contributed by atoms with Crippen LogP contribution < -0.4 is 10.2 Å². The maximum atomic E-state index is 13.5. The summed E-state index contributed by atoms with van der Waals surface area (Å²) in [6.45, 7) is 5.82. The van der Waals surface area contributed by atoms with Crippen molar-refractivity contribution in [3.8, 4) is 11.3 Å². The number of carbonyl (C=O) groups excluding carboxylic acids is 2. The Labute approximate surface area is 276 Å². The Hall–Kier alpha value is -4.86. The number of anilines is 2. The van der Waals surface area contributed by atoms with E-state index in [4.69, 9.17) is 0 Å². The monoisotopic (exact) mass is 633 g/mol. The quantitative estimate of drug-likeness (QED) is 0.163. The highest BCUT2D eigenvalue weighted by molar-refractivity contribution is 6.08. The highest BCUT2D eigenvalue weighted by atomic mass is 16.3. The molecule has 9 nitrogen and oxygen atoms in total. The third-order valence-corrected chi connectivity index (χ3v) is 8.71. The van der Waals surface area contributed by atoms with E-state index in [1.807, 2.05) is 36.5 Å². The fraction of sp³-hybridized carbons (Fsp3) is 0.316. The topological polar surface area (TPSA) is 118 Å². The molecule has 244 valence electrons. The minimum atomic E-state index is -1.07. The number of rotatable bonds is 12. The van der Waals surface area contributed by atoms with E-state index in [9.17, 15) is 19.8 Å². The van der Waals surface area contributed by atoms with Crippen molar-refractivity contribution in [2.45, 2.75) is 45.3 Å². The van der Waals surface area contributed by atoms with Gasteiger partial charge in [-0.1, -0.05) is 30.3 Å². The second-order valence-corrected chi connectivity index (χ2v) is 11.7. The summed E-state index contributed by atoms with van der Waals surface area (Å²) in [7, 11) is 1.60. The van der Waals surface area contributed by atoms with E-state index in [0.29, 0.717) is 33.6 Å². The summed E-state index contributed by atoms with van der Waals surface area (Å²) in [5.74, 6) is -0.505. The Balaban J connectivity index is 1.43. The number of aliphatic hydroxyl groups is 2. The number of nitrogens with zero attached hydrogens (tertiary/aromatic N) is 4. The molecule has 0 saturated carbocycles. The number of pyridine rings is 1. The van der Waals surface area contributed by atoms with Crippen LogP contribution in [0.4, 0.5) is 11.4 Å². The van der Waals surface area contributed by atoms with Gasteiger partial charge >= 0.3 is 0 Å². The number of nitrogens with one attached hydrogen (secondary N) is 1. The third kappa shape index (κ3) is 7.93. The van der Waals surface area contributed by atoms with Gasteiger partial charge in [0.2, 0.25) is 0 Å². The number of aromatic nitrogens is 1. The predicted octanol–water partition coefficient (Wildman–Crippen LogP) is 6.09. The molecule has 1 aliphatic carbocycles. The van der Waals surface area contributed by atoms with Gasteiger partial charge in [0.05, 0.1) is 18.0 Å². The largest absolute Gasteiger partial charge is 0.395 e. The van der Waals surface area contributed by atoms with Crippen molar-refractivity contribution < 1.29 is 19.8 Å². The van der Waals surface area contributed by atoms with Crippen molar-refractivity contribution in [1.82, 2.24) is 9.88 Å². The Morgan fingerprint density at radius 2 is 1.81 bits per heavy atom. The highest BCUT2D eigenvalue weighted by Gasteiger charge is 2.20. The number of hydrogen-bond acceptors (Lipinski definition) is 7. The van der Waals surface area contributed by atoms with Gasteiger partial charge < -0.3 is 25.3 Å². The average Bonchev–Trinajstić information content (AvgIpc) is 3.11. The second-order valence-electron chi connectivity index (χ2n) is 11.7. The van der Waals surface area contributed by atoms with E-state index in [0.717, 1.165) is 38.0 Å². The molecule has 5 rings (SSSR count). The summed E-state index contributed by atoms with van der Waals surface area (Å²) in [6, 6.07) is 24.3. The molecule has 2 unspecified atom stereocenters. The zero-order valence-corrected chi connectivity index (χ0v) is 27.3. The van der Waals surface area contributed by atoms with Gasteiger partial charge in [0.15, 0.2) is 6.23 Å². The number of aliphatic hydroxyl groups excluding tert-OH is 2. The molecular weight excluding hydrogens is 590 g/mol. The van der Waals surface area contributed by atoms with Crippen LogP contribution in [0, 0.1) is 0 Å². The van der Waals surface area contributed by atoms with Crippen LogP contribution >= 0.6 is 0 Å². The molecule has 0 spiro atoms. The molecule has 3 N–H and O–H groups in total. The molecule has 0 radical (unpaired) electrons. The lowest BCUT2D eigenvalue weighted by atomic mass is 9.83. The molecular formula is C38H43N5O4. The first-order chi connectivity index (χ1) is 22.8. The zero-order valence-electron chi connectivity index (χ0n) is 27.3. The van der Waals surface area contributed by atoms with E-state index >= 15 is 0 Å². The number of aliphatic imine (C=N–C) groups is 1. The summed E-state index contributed by atoms with van der Waals surface area (Å²) in [5, 5.41) is 23.4. The van der Waals surface area contributed by atoms with Gasteiger partial charge in [-0.25, -0.2) is 0 Å². The second kappa shape index (κ2) is 15.6. The van der Waals surface area contributed by atoms with Gasteiger partial charge in [-0.15, -0.1) is 0 Å². The predicted molar refractivity (Wildman–Crippen MR) is 187 cm³/mol. The zero-order chi connectivity index (χ0) is 33.3. The summed E-state index contributed by atoms with van der Waals surface area (Å²) >= 11 is 0. The number of hydrogen-bond donors (Lipinski definition) is 3. The molecule has 9 heteroatoms. The minimum absolute atomic E-state index is 0.150. The van der Waals surface area contributed by atoms with E-state index in [-0.39, 0.29) is 30.9 Å². The molecule has 0 aliphatic heterocycles. The van der Waals surface area contributed by atoms with Crippen molar-refractivity contribution >= 4 is 29.4 Å². The molecule has 1 aliphatic rings. The highest BCUT2D eigenvalue weighted by Crippen LogP contribution is 2.34. The minimum Gasteiger partial charge on any atom is -0.395 e. The first kappa shape index (κ1) is 33.5. The van der Waals surface area contributed by atoms with E-state index in [1.54, 1.807) is 43.6 Å². The van der Waals surface area contributed by atoms with Crippen LogP contribution in [0.2, 0.25) is 0 Å². The number of benzene rings is 3. The number of aryl methyl sites for hydroxylation is 1. The van der Waals surface area contributed by atoms with Crippen LogP contribution in [-0.2, 0) is 6.42 Å². The van der Waals surface area contributed by atoms with Gasteiger partial charge in [0, 0.05) is 73.0 Å². The number of fused-ring (bicyclic) bond motifs is 1. The summed E-state index contributed by atoms with van der Waals surface area (Å²) in [5.41, 5.74) is 6.67. The van der Waals surface area contributed by atoms with Crippen molar-refractivity contribution in [2.75, 3.05) is 43.5 Å². The van der Waals surface area contributed by atoms with Crippen molar-refractivity contribution in [1.29, 1.82) is 0 Å². The van der Waals surface area contributed by atoms with Gasteiger partial charge in [-0.3, -0.25) is 19.6 Å². The molecule has 2 atom stereocenters. The molecule has 4 aromatic rings. The SMILES string of the molecule is CCN(CC)c1ccc(NC(=O)c2cccc(C(=O)N(C)CCO)c2)c(-c2cc(C(O)N=CC3CCCc4ccccc43)ccn2)c1. The molecule has 0 fully saturated rings. The Morgan fingerprint density at radius 3 is 2.60 bits per heavy atom. The molecule has 2 amide bonds. The average molecular weight is 634 g/mol. The Bertz CT molecular complexity index is 1730. The molecule has 0 bridgehead atoms. The first-order valence-corrected chi connectivity index (χ1v) is 16.2.